The molecule has 8 aromatic carbocycles. The molecule has 0 spiro atoms. The third-order valence-corrected chi connectivity index (χ3v) is 7.88. The molecule has 0 heteroatoms. The molecule has 0 nitrogen and oxygen atoms in total. The van der Waals surface area contributed by atoms with Crippen LogP contribution in [0.4, 0.5) is 0 Å². The Morgan fingerprint density at radius 1 is 0.333 bits per heavy atom. The lowest BCUT2D eigenvalue weighted by atomic mass is 9.84. The summed E-state index contributed by atoms with van der Waals surface area (Å²) in [6, 6.07) is 39.1. The lowest BCUT2D eigenvalue weighted by Crippen LogP contribution is -1.92. The number of hydrogen-bond donors (Lipinski definition) is 0. The predicted octanol–water partition coefficient (Wildman–Crippen LogP) is 11.8. The summed E-state index contributed by atoms with van der Waals surface area (Å²) in [5.74, 6) is 0. The number of hydrogen-bond acceptors (Lipinski definition) is 0. The summed E-state index contributed by atoms with van der Waals surface area (Å²) < 4.78 is 64.6. The van der Waals surface area contributed by atoms with E-state index in [1.807, 2.05) is 127 Å². The maximum Gasteiger partial charge on any atom is 0.0636 e. The Kier molecular flexibility index (Phi) is 4.38. The molecule has 0 fully saturated rings. The fourth-order valence-corrected chi connectivity index (χ4v) is 5.85. The van der Waals surface area contributed by atoms with Crippen molar-refractivity contribution in [2.45, 2.75) is 0 Å². The van der Waals surface area contributed by atoms with E-state index in [1.165, 1.54) is 0 Å². The first-order valence-corrected chi connectivity index (χ1v) is 14.0. The van der Waals surface area contributed by atoms with Gasteiger partial charge in [0.2, 0.25) is 0 Å². The van der Waals surface area contributed by atoms with Gasteiger partial charge in [0.15, 0.2) is 0 Å². The highest BCUT2D eigenvalue weighted by Gasteiger charge is 2.17. The molecule has 0 aliphatic carbocycles. The van der Waals surface area contributed by atoms with Gasteiger partial charge in [-0.15, -0.1) is 0 Å². The average Bonchev–Trinajstić information content (AvgIpc) is 3.15. The van der Waals surface area contributed by atoms with E-state index < -0.39 is 0 Å². The molecular formula is C42H28. The van der Waals surface area contributed by atoms with Crippen LogP contribution in [0.15, 0.2) is 170 Å². The average molecular weight is 540 g/mol. The Bertz CT molecular complexity index is 2600. The molecule has 8 aromatic rings. The zero-order chi connectivity index (χ0) is 34.0. The van der Waals surface area contributed by atoms with Crippen molar-refractivity contribution in [3.63, 3.8) is 0 Å². The van der Waals surface area contributed by atoms with Crippen LogP contribution in [0.1, 0.15) is 9.60 Å². The molecular weight excluding hydrogens is 504 g/mol. The van der Waals surface area contributed by atoms with Crippen molar-refractivity contribution >= 4 is 32.3 Å². The van der Waals surface area contributed by atoms with Crippen molar-refractivity contribution in [3.8, 4) is 44.5 Å². The van der Waals surface area contributed by atoms with Crippen LogP contribution >= 0.6 is 0 Å². The van der Waals surface area contributed by atoms with Crippen molar-refractivity contribution < 1.29 is 9.60 Å². The summed E-state index contributed by atoms with van der Waals surface area (Å²) in [5, 5.41) is 3.18. The summed E-state index contributed by atoms with van der Waals surface area (Å²) in [6.45, 7) is 0. The fraction of sp³-hybridized carbons (Fsp3) is 0. The molecule has 196 valence electrons. The Labute approximate surface area is 256 Å². The monoisotopic (exact) mass is 539 g/mol. The summed E-state index contributed by atoms with van der Waals surface area (Å²) in [4.78, 5) is 0. The minimum absolute atomic E-state index is 0.0293. The van der Waals surface area contributed by atoms with Crippen LogP contribution in [0.2, 0.25) is 0 Å². The molecule has 8 rings (SSSR count). The Balaban J connectivity index is 1.58. The van der Waals surface area contributed by atoms with Crippen LogP contribution in [0, 0.1) is 0 Å². The van der Waals surface area contributed by atoms with E-state index in [-0.39, 0.29) is 53.1 Å². The van der Waals surface area contributed by atoms with Gasteiger partial charge in [-0.3, -0.25) is 0 Å². The first-order valence-electron chi connectivity index (χ1n) is 17.5. The maximum atomic E-state index is 9.82. The van der Waals surface area contributed by atoms with Crippen LogP contribution in [0.25, 0.3) is 76.8 Å². The lowest BCUT2D eigenvalue weighted by Gasteiger charge is -2.19. The summed E-state index contributed by atoms with van der Waals surface area (Å²) >= 11 is 0. The van der Waals surface area contributed by atoms with E-state index in [2.05, 4.69) is 0 Å². The molecule has 0 unspecified atom stereocenters. The van der Waals surface area contributed by atoms with Crippen LogP contribution in [-0.2, 0) is 0 Å². The highest BCUT2D eigenvalue weighted by molar-refractivity contribution is 6.22. The molecule has 0 aromatic heterocycles. The molecule has 0 radical (unpaired) electrons. The maximum absolute atomic E-state index is 9.82. The van der Waals surface area contributed by atoms with Crippen LogP contribution in [0.5, 0.6) is 0 Å². The van der Waals surface area contributed by atoms with Crippen molar-refractivity contribution in [2.24, 2.45) is 0 Å². The highest BCUT2D eigenvalue weighted by atomic mass is 14.2. The Morgan fingerprint density at radius 3 is 1.55 bits per heavy atom. The summed E-state index contributed by atoms with van der Waals surface area (Å²) in [6.07, 6.45) is 0. The largest absolute Gasteiger partial charge is 0.0636 e. The van der Waals surface area contributed by atoms with E-state index in [1.54, 1.807) is 0 Å². The van der Waals surface area contributed by atoms with Gasteiger partial charge in [-0.25, -0.2) is 0 Å². The van der Waals surface area contributed by atoms with Gasteiger partial charge in [-0.2, -0.15) is 0 Å². The normalized spacial score (nSPS) is 13.7. The van der Waals surface area contributed by atoms with Gasteiger partial charge in [0.1, 0.15) is 0 Å². The zero-order valence-corrected chi connectivity index (χ0v) is 22.6. The van der Waals surface area contributed by atoms with Gasteiger partial charge in [0, 0.05) is 0 Å². The predicted molar refractivity (Wildman–Crippen MR) is 181 cm³/mol. The lowest BCUT2D eigenvalue weighted by molar-refractivity contribution is 1.61. The number of rotatable bonds is 4. The van der Waals surface area contributed by atoms with E-state index in [0.717, 1.165) is 21.9 Å². The molecule has 0 atom stereocenters. The van der Waals surface area contributed by atoms with Crippen LogP contribution in [0.3, 0.4) is 0 Å². The molecule has 0 aliphatic heterocycles. The second-order valence-electron chi connectivity index (χ2n) is 10.4. The number of benzene rings is 8. The van der Waals surface area contributed by atoms with Gasteiger partial charge in [-0.05, 0) is 88.9 Å². The molecule has 0 amide bonds. The third kappa shape index (κ3) is 4.17. The van der Waals surface area contributed by atoms with E-state index in [9.17, 15) is 6.85 Å². The van der Waals surface area contributed by atoms with E-state index >= 15 is 0 Å². The minimum Gasteiger partial charge on any atom is -0.0622 e. The van der Waals surface area contributed by atoms with Gasteiger partial charge < -0.3 is 0 Å². The first kappa shape index (κ1) is 18.1. The molecule has 0 N–H and O–H groups in total. The quantitative estimate of drug-likeness (QED) is 0.195. The van der Waals surface area contributed by atoms with Gasteiger partial charge >= 0.3 is 0 Å². The molecule has 0 saturated heterocycles. The minimum atomic E-state index is -0.380. The standard InChI is InChI=1S/C42H28/c1-3-11-29(12-4-1)31-19-22-33(23-20-31)41-37-17-9-10-18-38(37)42(32-14-5-2-6-15-32)40-28-36(25-26-39(40)41)35-24-21-30-13-7-8-16-34(30)27-35/h1-28H/i9D,10D,17D,18D,25D,26D,28D. The van der Waals surface area contributed by atoms with Gasteiger partial charge in [0.05, 0.1) is 9.60 Å². The molecule has 0 saturated carbocycles. The van der Waals surface area contributed by atoms with Gasteiger partial charge in [-0.1, -0.05) is 158 Å². The summed E-state index contributed by atoms with van der Waals surface area (Å²) in [5.41, 5.74) is 5.06. The molecule has 0 bridgehead atoms. The van der Waals surface area contributed by atoms with Crippen LogP contribution < -0.4 is 0 Å². The van der Waals surface area contributed by atoms with Crippen molar-refractivity contribution in [1.29, 1.82) is 0 Å². The second kappa shape index (κ2) is 10.2. The van der Waals surface area contributed by atoms with Crippen LogP contribution in [-0.4, -0.2) is 0 Å². The Morgan fingerprint density at radius 2 is 0.833 bits per heavy atom. The van der Waals surface area contributed by atoms with Crippen molar-refractivity contribution in [1.82, 2.24) is 0 Å². The fourth-order valence-electron chi connectivity index (χ4n) is 5.85. The molecule has 0 aliphatic rings. The SMILES string of the molecule is [2H]c1c([2H])c([2H])c2c(-c3ccccc3)c3c([2H])c(-c4ccc5ccccc5c4)c([2H])c([2H])c3c(-c3ccc(-c4ccccc4)cc3)c2c1[2H]. The summed E-state index contributed by atoms with van der Waals surface area (Å²) in [7, 11) is 0. The van der Waals surface area contributed by atoms with Gasteiger partial charge in [0.25, 0.3) is 0 Å². The highest BCUT2D eigenvalue weighted by Crippen LogP contribution is 2.45. The second-order valence-corrected chi connectivity index (χ2v) is 10.4. The third-order valence-electron chi connectivity index (χ3n) is 7.88. The molecule has 42 heavy (non-hydrogen) atoms. The number of fused-ring (bicyclic) bond motifs is 3. The Hall–Kier alpha value is -5.46. The molecule has 0 heterocycles. The van der Waals surface area contributed by atoms with E-state index in [0.29, 0.717) is 44.2 Å². The smallest absolute Gasteiger partial charge is 0.0622 e. The van der Waals surface area contributed by atoms with Crippen molar-refractivity contribution in [3.05, 3.63) is 170 Å². The van der Waals surface area contributed by atoms with Crippen molar-refractivity contribution in [2.75, 3.05) is 0 Å². The zero-order valence-electron chi connectivity index (χ0n) is 29.6. The topological polar surface area (TPSA) is 0 Å². The first-order chi connectivity index (χ1) is 23.8. The van der Waals surface area contributed by atoms with E-state index in [4.69, 9.17) is 2.74 Å².